The van der Waals surface area contributed by atoms with Crippen molar-refractivity contribution in [3.8, 4) is 5.75 Å². The van der Waals surface area contributed by atoms with Crippen LogP contribution in [0.1, 0.15) is 28.9 Å². The Hall–Kier alpha value is -2.60. The number of amides is 2. The van der Waals surface area contributed by atoms with Crippen molar-refractivity contribution in [2.75, 3.05) is 13.2 Å². The third-order valence-electron chi connectivity index (χ3n) is 3.89. The first-order valence-electron chi connectivity index (χ1n) is 8.51. The number of ether oxygens (including phenoxy) is 1. The summed E-state index contributed by atoms with van der Waals surface area (Å²) < 4.78 is 5.46. The van der Waals surface area contributed by atoms with Crippen LogP contribution < -0.4 is 15.4 Å². The molecule has 1 aromatic carbocycles. The van der Waals surface area contributed by atoms with Gasteiger partial charge < -0.3 is 15.4 Å². The van der Waals surface area contributed by atoms with E-state index in [1.807, 2.05) is 24.3 Å². The van der Waals surface area contributed by atoms with Crippen molar-refractivity contribution in [1.82, 2.24) is 15.6 Å². The van der Waals surface area contributed by atoms with E-state index in [-0.39, 0.29) is 18.4 Å². The summed E-state index contributed by atoms with van der Waals surface area (Å²) in [6.07, 6.45) is 4.30. The number of carbonyl (C=O) groups excluding carboxylic acids is 2. The van der Waals surface area contributed by atoms with Crippen molar-refractivity contribution in [2.45, 2.75) is 25.3 Å². The summed E-state index contributed by atoms with van der Waals surface area (Å²) >= 11 is 5.85. The van der Waals surface area contributed by atoms with Gasteiger partial charge in [-0.3, -0.25) is 14.6 Å². The van der Waals surface area contributed by atoms with Crippen molar-refractivity contribution in [2.24, 2.45) is 0 Å². The maximum atomic E-state index is 12.0. The summed E-state index contributed by atoms with van der Waals surface area (Å²) in [6, 6.07) is 11.0. The SMILES string of the molecule is O=C(COc1ccc(CCNC(=O)c2cc(Cl)ccn2)cc1)NC1CC1. The van der Waals surface area contributed by atoms with E-state index >= 15 is 0 Å². The van der Waals surface area contributed by atoms with Crippen molar-refractivity contribution < 1.29 is 14.3 Å². The van der Waals surface area contributed by atoms with Crippen molar-refractivity contribution in [3.05, 3.63) is 58.9 Å². The van der Waals surface area contributed by atoms with Crippen LogP contribution in [0.25, 0.3) is 0 Å². The van der Waals surface area contributed by atoms with Gasteiger partial charge in [0.05, 0.1) is 0 Å². The number of nitrogens with one attached hydrogen (secondary N) is 2. The Labute approximate surface area is 156 Å². The molecule has 1 fully saturated rings. The highest BCUT2D eigenvalue weighted by molar-refractivity contribution is 6.30. The van der Waals surface area contributed by atoms with Crippen LogP contribution in [-0.2, 0) is 11.2 Å². The van der Waals surface area contributed by atoms with Crippen LogP contribution in [-0.4, -0.2) is 36.0 Å². The lowest BCUT2D eigenvalue weighted by atomic mass is 10.1. The highest BCUT2D eigenvalue weighted by Crippen LogP contribution is 2.18. The molecule has 1 saturated carbocycles. The van der Waals surface area contributed by atoms with Gasteiger partial charge in [-0.2, -0.15) is 0 Å². The van der Waals surface area contributed by atoms with Gasteiger partial charge in [-0.05, 0) is 49.1 Å². The van der Waals surface area contributed by atoms with E-state index in [9.17, 15) is 9.59 Å². The topological polar surface area (TPSA) is 80.3 Å². The number of pyridine rings is 1. The van der Waals surface area contributed by atoms with Gasteiger partial charge in [0.1, 0.15) is 11.4 Å². The Morgan fingerprint density at radius 3 is 2.65 bits per heavy atom. The third-order valence-corrected chi connectivity index (χ3v) is 4.12. The maximum absolute atomic E-state index is 12.0. The van der Waals surface area contributed by atoms with Crippen LogP contribution in [0.4, 0.5) is 0 Å². The largest absolute Gasteiger partial charge is 0.484 e. The summed E-state index contributed by atoms with van der Waals surface area (Å²) in [4.78, 5) is 27.6. The molecular formula is C19H20ClN3O3. The molecule has 0 spiro atoms. The van der Waals surface area contributed by atoms with Crippen LogP contribution in [0.3, 0.4) is 0 Å². The summed E-state index contributed by atoms with van der Waals surface area (Å²) in [6.45, 7) is 0.509. The molecule has 0 unspecified atom stereocenters. The molecule has 0 atom stereocenters. The van der Waals surface area contributed by atoms with Gasteiger partial charge in [-0.15, -0.1) is 0 Å². The normalized spacial score (nSPS) is 13.1. The average molecular weight is 374 g/mol. The number of halogens is 1. The van der Waals surface area contributed by atoms with E-state index in [4.69, 9.17) is 16.3 Å². The number of rotatable bonds is 8. The van der Waals surface area contributed by atoms with Gasteiger partial charge in [0.25, 0.3) is 11.8 Å². The molecule has 6 nitrogen and oxygen atoms in total. The summed E-state index contributed by atoms with van der Waals surface area (Å²) in [5.41, 5.74) is 1.35. The highest BCUT2D eigenvalue weighted by Gasteiger charge is 2.23. The van der Waals surface area contributed by atoms with Crippen LogP contribution in [0.2, 0.25) is 5.02 Å². The smallest absolute Gasteiger partial charge is 0.269 e. The molecule has 7 heteroatoms. The van der Waals surface area contributed by atoms with E-state index in [0.717, 1.165) is 18.4 Å². The standard InChI is InChI=1S/C19H20ClN3O3/c20-14-8-10-21-17(11-14)19(25)22-9-7-13-1-5-16(6-2-13)26-12-18(24)23-15-3-4-15/h1-2,5-6,8,10-11,15H,3-4,7,9,12H2,(H,22,25)(H,23,24). The van der Waals surface area contributed by atoms with E-state index in [2.05, 4.69) is 15.6 Å². The molecule has 2 aromatic rings. The molecule has 0 saturated heterocycles. The molecule has 1 heterocycles. The number of aromatic nitrogens is 1. The molecular weight excluding hydrogens is 354 g/mol. The summed E-state index contributed by atoms with van der Waals surface area (Å²) in [5, 5.41) is 6.16. The van der Waals surface area contributed by atoms with Gasteiger partial charge in [-0.1, -0.05) is 23.7 Å². The fraction of sp³-hybridized carbons (Fsp3) is 0.316. The van der Waals surface area contributed by atoms with Crippen molar-refractivity contribution >= 4 is 23.4 Å². The van der Waals surface area contributed by atoms with Crippen LogP contribution in [0.5, 0.6) is 5.75 Å². The van der Waals surface area contributed by atoms with E-state index < -0.39 is 0 Å². The number of hydrogen-bond acceptors (Lipinski definition) is 4. The quantitative estimate of drug-likeness (QED) is 0.744. The lowest BCUT2D eigenvalue weighted by Crippen LogP contribution is -2.30. The van der Waals surface area contributed by atoms with Gasteiger partial charge >= 0.3 is 0 Å². The molecule has 26 heavy (non-hydrogen) atoms. The Kier molecular flexibility index (Phi) is 6.07. The number of nitrogens with zero attached hydrogens (tertiary/aromatic N) is 1. The fourth-order valence-electron chi connectivity index (χ4n) is 2.34. The minimum Gasteiger partial charge on any atom is -0.484 e. The number of hydrogen-bond donors (Lipinski definition) is 2. The Morgan fingerprint density at radius 2 is 1.96 bits per heavy atom. The van der Waals surface area contributed by atoms with Crippen LogP contribution in [0, 0.1) is 0 Å². The Morgan fingerprint density at radius 1 is 1.19 bits per heavy atom. The first kappa shape index (κ1) is 18.2. The minimum absolute atomic E-state index is 0.0263. The summed E-state index contributed by atoms with van der Waals surface area (Å²) in [5.74, 6) is 0.301. The van der Waals surface area contributed by atoms with Crippen LogP contribution >= 0.6 is 11.6 Å². The van der Waals surface area contributed by atoms with Crippen LogP contribution in [0.15, 0.2) is 42.6 Å². The Bertz CT molecular complexity index is 776. The zero-order valence-electron chi connectivity index (χ0n) is 14.2. The summed E-state index contributed by atoms with van der Waals surface area (Å²) in [7, 11) is 0. The highest BCUT2D eigenvalue weighted by atomic mass is 35.5. The first-order chi connectivity index (χ1) is 12.6. The molecule has 2 N–H and O–H groups in total. The molecule has 1 aliphatic carbocycles. The first-order valence-corrected chi connectivity index (χ1v) is 8.89. The van der Waals surface area contributed by atoms with Crippen molar-refractivity contribution in [3.63, 3.8) is 0 Å². The van der Waals surface area contributed by atoms with E-state index in [1.165, 1.54) is 12.3 Å². The predicted octanol–water partition coefficient (Wildman–Crippen LogP) is 2.36. The molecule has 0 bridgehead atoms. The molecule has 0 radical (unpaired) electrons. The molecule has 2 amide bonds. The average Bonchev–Trinajstić information content (AvgIpc) is 3.45. The van der Waals surface area contributed by atoms with Crippen molar-refractivity contribution in [1.29, 1.82) is 0 Å². The molecule has 1 aliphatic rings. The van der Waals surface area contributed by atoms with Gasteiger partial charge in [0.2, 0.25) is 0 Å². The lowest BCUT2D eigenvalue weighted by Gasteiger charge is -2.08. The second kappa shape index (κ2) is 8.67. The molecule has 136 valence electrons. The number of benzene rings is 1. The maximum Gasteiger partial charge on any atom is 0.269 e. The fourth-order valence-corrected chi connectivity index (χ4v) is 2.50. The zero-order chi connectivity index (χ0) is 18.4. The third kappa shape index (κ3) is 5.74. The number of carbonyl (C=O) groups is 2. The molecule has 3 rings (SSSR count). The van der Waals surface area contributed by atoms with Gasteiger partial charge in [0, 0.05) is 23.8 Å². The van der Waals surface area contributed by atoms with Gasteiger partial charge in [0.15, 0.2) is 6.61 Å². The second-order valence-electron chi connectivity index (χ2n) is 6.14. The monoisotopic (exact) mass is 373 g/mol. The van der Waals surface area contributed by atoms with E-state index in [0.29, 0.717) is 35.5 Å². The van der Waals surface area contributed by atoms with Gasteiger partial charge in [-0.25, -0.2) is 0 Å². The Balaban J connectivity index is 1.39. The molecule has 0 aliphatic heterocycles. The minimum atomic E-state index is -0.255. The second-order valence-corrected chi connectivity index (χ2v) is 6.58. The lowest BCUT2D eigenvalue weighted by molar-refractivity contribution is -0.123. The van der Waals surface area contributed by atoms with E-state index in [1.54, 1.807) is 6.07 Å². The molecule has 1 aromatic heterocycles. The predicted molar refractivity (Wildman–Crippen MR) is 98.4 cm³/mol. The zero-order valence-corrected chi connectivity index (χ0v) is 15.0.